The lowest BCUT2D eigenvalue weighted by molar-refractivity contribution is -0.327. The molecule has 3 aliphatic carbocycles. The number of phenolic OH excluding ortho intramolecular Hbond substituents is 1. The number of nitrogens with zero attached hydrogens (tertiary/aromatic N) is 2. The zero-order valence-electron chi connectivity index (χ0n) is 33.7. The number of ketones is 1. The highest BCUT2D eigenvalue weighted by Crippen LogP contribution is 2.55. The van der Waals surface area contributed by atoms with Crippen LogP contribution in [0.15, 0.2) is 76.5 Å². The van der Waals surface area contributed by atoms with Crippen LogP contribution in [0.2, 0.25) is 0 Å². The van der Waals surface area contributed by atoms with Crippen LogP contribution in [0.25, 0.3) is 22.9 Å². The Morgan fingerprint density at radius 2 is 2.00 bits per heavy atom. The fourth-order valence-corrected chi connectivity index (χ4v) is 10.5. The van der Waals surface area contributed by atoms with E-state index in [4.69, 9.17) is 23.7 Å². The molecule has 2 fully saturated rings. The maximum Gasteiger partial charge on any atom is 0.254 e. The van der Waals surface area contributed by atoms with Crippen LogP contribution in [-0.4, -0.2) is 106 Å². The monoisotopic (exact) mass is 835 g/mol. The molecule has 8 atom stereocenters. The first-order chi connectivity index (χ1) is 30.2. The number of aliphatic hydroxyl groups is 3. The van der Waals surface area contributed by atoms with E-state index in [1.807, 2.05) is 36.8 Å². The summed E-state index contributed by atoms with van der Waals surface area (Å²) in [7, 11) is 1.51. The van der Waals surface area contributed by atoms with Gasteiger partial charge in [-0.25, -0.2) is 0 Å². The Hall–Kier alpha value is -6.14. The van der Waals surface area contributed by atoms with E-state index < -0.39 is 48.7 Å². The highest BCUT2D eigenvalue weighted by molar-refractivity contribution is 6.14. The summed E-state index contributed by atoms with van der Waals surface area (Å²) in [5.74, 6) is 2.21. The van der Waals surface area contributed by atoms with Crippen molar-refractivity contribution in [3.63, 3.8) is 0 Å². The third kappa shape index (κ3) is 5.82. The minimum Gasteiger partial charge on any atom is -0.506 e. The molecule has 5 heterocycles. The molecule has 3 aromatic rings. The van der Waals surface area contributed by atoms with Gasteiger partial charge in [-0.05, 0) is 71.2 Å². The minimum absolute atomic E-state index is 0.0368. The summed E-state index contributed by atoms with van der Waals surface area (Å²) in [6.45, 7) is -1.38. The summed E-state index contributed by atoms with van der Waals surface area (Å²) in [5, 5.41) is 49.0. The molecule has 5 aliphatic heterocycles. The molecule has 13 nitrogen and oxygen atoms in total. The number of rotatable bonds is 3. The molecule has 8 bridgehead atoms. The van der Waals surface area contributed by atoms with Gasteiger partial charge in [-0.2, -0.15) is 4.99 Å². The normalized spacial score (nSPS) is 30.2. The molecule has 13 heteroatoms. The quantitative estimate of drug-likeness (QED) is 0.210. The number of aromatic hydroxyl groups is 1. The molecule has 314 valence electrons. The van der Waals surface area contributed by atoms with Crippen molar-refractivity contribution in [1.82, 2.24) is 4.90 Å². The second kappa shape index (κ2) is 14.8. The highest BCUT2D eigenvalue weighted by Gasteiger charge is 2.59. The first-order valence-electron chi connectivity index (χ1n) is 21.0. The standard InChI is InChI=1S/C49H42N2O11/c1-58-38-19-32-29-15-14-26-8-4-11-27(26)40(29)42-36(53)22-51-21-34-25(7-5-12-30(34)47(51)56)9-6-18-59-46-43(54)39-23-60-37(33-20-50-35-13-3-2-10-28(33)35)17-16-31(38)45(41(32)44(42)55)62-48(61-39)49(46,57)24-52/h2-3,5,7,10,12-17,19-20,26-27,37,39,43,46,48,52,54,57H,4,8-9,11,21-24H2,1H3/p+1/t26-,27-,37-,39+,43-,46+,48-,49-/m1/s1. The number of hydrogen-bond acceptors (Lipinski definition) is 12. The number of aliphatic imine (C=N–C) groups is 1. The first-order valence-corrected chi connectivity index (χ1v) is 21.0. The van der Waals surface area contributed by atoms with Gasteiger partial charge in [-0.1, -0.05) is 36.6 Å². The Kier molecular flexibility index (Phi) is 9.22. The summed E-state index contributed by atoms with van der Waals surface area (Å²) in [6.07, 6.45) is 15.4. The van der Waals surface area contributed by atoms with Gasteiger partial charge in [0.1, 0.15) is 47.2 Å². The number of aliphatic hydroxyl groups excluding tert-OH is 2. The maximum absolute atomic E-state index is 15.0. The molecule has 1 saturated carbocycles. The van der Waals surface area contributed by atoms with Crippen molar-refractivity contribution in [1.29, 1.82) is 0 Å². The number of methoxy groups -OCH3 is 1. The fourth-order valence-electron chi connectivity index (χ4n) is 10.5. The van der Waals surface area contributed by atoms with Crippen LogP contribution >= 0.6 is 0 Å². The Morgan fingerprint density at radius 1 is 1.13 bits per heavy atom. The van der Waals surface area contributed by atoms with Gasteiger partial charge < -0.3 is 49.0 Å². The van der Waals surface area contributed by atoms with Crippen LogP contribution < -0.4 is 9.47 Å². The average molecular weight is 836 g/mol. The second-order valence-corrected chi connectivity index (χ2v) is 17.0. The van der Waals surface area contributed by atoms with Crippen LogP contribution in [0, 0.1) is 24.4 Å². The number of amides is 1. The van der Waals surface area contributed by atoms with Crippen molar-refractivity contribution in [2.75, 3.05) is 26.9 Å². The predicted molar refractivity (Wildman–Crippen MR) is 226 cm³/mol. The van der Waals surface area contributed by atoms with Crippen molar-refractivity contribution in [2.24, 2.45) is 10.9 Å². The molecule has 4 N–H and O–H groups in total. The average Bonchev–Trinajstić information content (AvgIpc) is 4.02. The van der Waals surface area contributed by atoms with Gasteiger partial charge >= 0.3 is 0 Å². The molecule has 1 amide bonds. The number of phenols is 1. The van der Waals surface area contributed by atoms with Gasteiger partial charge in [0.25, 0.3) is 5.91 Å². The lowest BCUT2D eigenvalue weighted by Gasteiger charge is -2.47. The number of fused-ring (bicyclic) bond motifs is 10. The molecule has 1 saturated heterocycles. The lowest BCUT2D eigenvalue weighted by Crippen LogP contribution is -2.70. The largest absolute Gasteiger partial charge is 0.506 e. The van der Waals surface area contributed by atoms with E-state index in [9.17, 15) is 25.2 Å². The summed E-state index contributed by atoms with van der Waals surface area (Å²) >= 11 is 0. The third-order valence-corrected chi connectivity index (χ3v) is 13.7. The molecule has 0 spiro atoms. The number of carbonyl (C=O) groups excluding carboxylic acids is 2. The van der Waals surface area contributed by atoms with Gasteiger partial charge in [-0.3, -0.25) is 9.59 Å². The SMILES string of the molecule is COc1cc2c3c(c4c(O)c2c2c1C=C[C@H](C1=C5[CH+]C=CC=C5N=C1)OC[C@@H]1O[C@H](O2)[C@@](O)(CO)[C@@H](OC#CCc2cccc5c2CN(CC4=O)C5=O)[C@@H]1O)[C@@H]1CCC[C@@H]1C=C3. The number of benzene rings is 3. The van der Waals surface area contributed by atoms with Gasteiger partial charge in [0, 0.05) is 48.6 Å². The molecule has 11 rings (SSSR count). The van der Waals surface area contributed by atoms with Crippen LogP contribution in [0.1, 0.15) is 73.7 Å². The van der Waals surface area contributed by atoms with E-state index in [2.05, 4.69) is 23.1 Å². The molecule has 0 radical (unpaired) electrons. The topological polar surface area (TPSA) is 177 Å². The van der Waals surface area contributed by atoms with E-state index in [1.165, 1.54) is 12.0 Å². The molecule has 62 heavy (non-hydrogen) atoms. The number of ether oxygens (including phenoxy) is 5. The maximum atomic E-state index is 15.0. The van der Waals surface area contributed by atoms with Crippen molar-refractivity contribution in [3.05, 3.63) is 117 Å². The van der Waals surface area contributed by atoms with Gasteiger partial charge in [0.05, 0.1) is 55.2 Å². The molecular weight excluding hydrogens is 793 g/mol. The lowest BCUT2D eigenvalue weighted by atomic mass is 9.75. The zero-order valence-corrected chi connectivity index (χ0v) is 33.7. The Labute approximate surface area is 356 Å². The van der Waals surface area contributed by atoms with Gasteiger partial charge in [-0.15, -0.1) is 0 Å². The predicted octanol–water partition coefficient (Wildman–Crippen LogP) is 4.84. The van der Waals surface area contributed by atoms with Crippen LogP contribution in [0.3, 0.4) is 0 Å². The molecule has 8 aliphatic rings. The van der Waals surface area contributed by atoms with Crippen LogP contribution in [0.4, 0.5) is 0 Å². The highest BCUT2D eigenvalue weighted by atomic mass is 16.7. The Bertz CT molecular complexity index is 2730. The summed E-state index contributed by atoms with van der Waals surface area (Å²) in [4.78, 5) is 35.1. The van der Waals surface area contributed by atoms with Crippen molar-refractivity contribution < 1.29 is 53.7 Å². The van der Waals surface area contributed by atoms with E-state index in [0.29, 0.717) is 33.4 Å². The number of allylic oxidation sites excluding steroid dienone is 5. The van der Waals surface area contributed by atoms with Gasteiger partial charge in [0.15, 0.2) is 23.2 Å². The van der Waals surface area contributed by atoms with E-state index >= 15 is 4.79 Å². The smallest absolute Gasteiger partial charge is 0.254 e. The Morgan fingerprint density at radius 3 is 2.85 bits per heavy atom. The second-order valence-electron chi connectivity index (χ2n) is 17.0. The summed E-state index contributed by atoms with van der Waals surface area (Å²) in [6, 6.07) is 7.12. The minimum atomic E-state index is -2.45. The van der Waals surface area contributed by atoms with E-state index in [0.717, 1.165) is 47.2 Å². The van der Waals surface area contributed by atoms with Crippen LogP contribution in [-0.2, 0) is 27.2 Å². The van der Waals surface area contributed by atoms with E-state index in [1.54, 1.807) is 36.6 Å². The molecule has 0 unspecified atom stereocenters. The first kappa shape index (κ1) is 38.8. The van der Waals surface area contributed by atoms with Gasteiger partial charge in [0.2, 0.25) is 6.29 Å². The number of hydrogen-bond donors (Lipinski definition) is 4. The van der Waals surface area contributed by atoms with Crippen molar-refractivity contribution >= 4 is 40.8 Å². The van der Waals surface area contributed by atoms with Crippen molar-refractivity contribution in [3.8, 4) is 29.3 Å². The number of carbonyl (C=O) groups is 2. The molecule has 0 aromatic heterocycles. The molecular formula is C49H43N2O11+. The zero-order chi connectivity index (χ0) is 42.4. The summed E-state index contributed by atoms with van der Waals surface area (Å²) in [5.41, 5.74) is 3.56. The Balaban J connectivity index is 1.19. The van der Waals surface area contributed by atoms with Crippen LogP contribution in [0.5, 0.6) is 17.2 Å². The van der Waals surface area contributed by atoms with E-state index in [-0.39, 0.29) is 66.3 Å². The van der Waals surface area contributed by atoms with Crippen molar-refractivity contribution in [2.45, 2.75) is 74.5 Å². The summed E-state index contributed by atoms with van der Waals surface area (Å²) < 4.78 is 31.9. The molecule has 3 aromatic carbocycles. The number of Topliss-reactive ketones (excluding diaryl/α,β-unsaturated/α-hetero) is 1. The third-order valence-electron chi connectivity index (χ3n) is 13.7. The fraction of sp³-hybridized carbons (Fsp3) is 0.347.